The van der Waals surface area contributed by atoms with Crippen LogP contribution in [0.4, 0.5) is 11.5 Å². The number of benzene rings is 1. The van der Waals surface area contributed by atoms with E-state index in [1.807, 2.05) is 43.3 Å². The highest BCUT2D eigenvalue weighted by molar-refractivity contribution is 6.05. The number of rotatable bonds is 7. The lowest BCUT2D eigenvalue weighted by molar-refractivity contribution is -0.140. The molecule has 7 nitrogen and oxygen atoms in total. The summed E-state index contributed by atoms with van der Waals surface area (Å²) in [5, 5.41) is 18.4. The molecule has 3 N–H and O–H groups in total. The molecule has 0 amide bonds. The van der Waals surface area contributed by atoms with Gasteiger partial charge in [0, 0.05) is 47.4 Å². The molecule has 0 aliphatic heterocycles. The average molecular weight is 457 g/mol. The van der Waals surface area contributed by atoms with Gasteiger partial charge < -0.3 is 15.7 Å². The Morgan fingerprint density at radius 1 is 1.15 bits per heavy atom. The number of carboxylic acid groups (broad SMARTS) is 1. The summed E-state index contributed by atoms with van der Waals surface area (Å²) in [6.07, 6.45) is 10.3. The SMILES string of the molecule is Cc1cc2ccncc2c(Nc2ccc(CC(NC3=CC(=O)C34CCCCC4)C(=O)O)cc2)n1. The number of fused-ring (bicyclic) bond motifs is 1. The largest absolute Gasteiger partial charge is 0.480 e. The van der Waals surface area contributed by atoms with Crippen molar-refractivity contribution in [1.82, 2.24) is 15.3 Å². The predicted molar refractivity (Wildman–Crippen MR) is 131 cm³/mol. The molecule has 174 valence electrons. The topological polar surface area (TPSA) is 104 Å². The summed E-state index contributed by atoms with van der Waals surface area (Å²) in [6, 6.07) is 10.9. The second kappa shape index (κ2) is 8.89. The van der Waals surface area contributed by atoms with Gasteiger partial charge in [0.05, 0.1) is 5.41 Å². The monoisotopic (exact) mass is 456 g/mol. The molecule has 0 radical (unpaired) electrons. The molecular weight excluding hydrogens is 428 g/mol. The number of nitrogens with one attached hydrogen (secondary N) is 2. The molecule has 1 atom stereocenters. The van der Waals surface area contributed by atoms with Gasteiger partial charge >= 0.3 is 5.97 Å². The van der Waals surface area contributed by atoms with E-state index in [1.165, 1.54) is 0 Å². The van der Waals surface area contributed by atoms with Gasteiger partial charge in [0.2, 0.25) is 0 Å². The predicted octanol–water partition coefficient (Wildman–Crippen LogP) is 4.68. The number of aromatic nitrogens is 2. The van der Waals surface area contributed by atoms with E-state index in [2.05, 4.69) is 20.6 Å². The maximum absolute atomic E-state index is 12.3. The molecule has 34 heavy (non-hydrogen) atoms. The summed E-state index contributed by atoms with van der Waals surface area (Å²) in [7, 11) is 0. The third-order valence-electron chi connectivity index (χ3n) is 7.02. The molecule has 2 aromatic heterocycles. The minimum Gasteiger partial charge on any atom is -0.480 e. The smallest absolute Gasteiger partial charge is 0.326 e. The molecule has 7 heteroatoms. The number of nitrogens with zero attached hydrogens (tertiary/aromatic N) is 2. The highest BCUT2D eigenvalue weighted by Gasteiger charge is 2.49. The molecule has 2 aliphatic carbocycles. The zero-order valence-corrected chi connectivity index (χ0v) is 19.2. The number of hydrogen-bond donors (Lipinski definition) is 3. The summed E-state index contributed by atoms with van der Waals surface area (Å²) in [5.41, 5.74) is 3.00. The zero-order valence-electron chi connectivity index (χ0n) is 19.2. The molecular formula is C27H28N4O3. The van der Waals surface area contributed by atoms with Gasteiger partial charge in [-0.05, 0) is 55.0 Å². The number of carbonyl (C=O) groups is 2. The fourth-order valence-electron chi connectivity index (χ4n) is 5.12. The molecule has 1 unspecified atom stereocenters. The molecule has 2 aliphatic rings. The Hall–Kier alpha value is -3.74. The Balaban J connectivity index is 1.29. The Bertz CT molecular complexity index is 1280. The quantitative estimate of drug-likeness (QED) is 0.474. The fraction of sp³-hybridized carbons (Fsp3) is 0.333. The summed E-state index contributed by atoms with van der Waals surface area (Å²) < 4.78 is 0. The first kappa shape index (κ1) is 22.1. The standard InChI is InChI=1S/C27H28N4O3/c1-17-13-19-9-12-28-16-21(19)25(29-17)30-20-7-5-18(6-8-20)14-22(26(33)34)31-23-15-24(32)27(23)10-3-2-4-11-27/h5-9,12-13,15-16,22,31H,2-4,10-11,14H2,1H3,(H,29,30)(H,33,34). The van der Waals surface area contributed by atoms with Crippen molar-refractivity contribution in [2.75, 3.05) is 5.32 Å². The third kappa shape index (κ3) is 4.14. The summed E-state index contributed by atoms with van der Waals surface area (Å²) in [5.74, 6) is -0.0432. The van der Waals surface area contributed by atoms with E-state index in [4.69, 9.17) is 0 Å². The molecule has 2 heterocycles. The zero-order chi connectivity index (χ0) is 23.7. The second-order valence-electron chi connectivity index (χ2n) is 9.34. The van der Waals surface area contributed by atoms with E-state index >= 15 is 0 Å². The number of carbonyl (C=O) groups excluding carboxylic acids is 1. The fourth-order valence-corrected chi connectivity index (χ4v) is 5.12. The van der Waals surface area contributed by atoms with Gasteiger partial charge in [-0.2, -0.15) is 0 Å². The van der Waals surface area contributed by atoms with Crippen molar-refractivity contribution in [3.05, 3.63) is 71.8 Å². The van der Waals surface area contributed by atoms with Crippen LogP contribution in [-0.2, 0) is 16.0 Å². The Labute approximate surface area is 198 Å². The number of hydrogen-bond acceptors (Lipinski definition) is 6. The Morgan fingerprint density at radius 2 is 1.91 bits per heavy atom. The van der Waals surface area contributed by atoms with E-state index in [1.54, 1.807) is 18.5 Å². The highest BCUT2D eigenvalue weighted by atomic mass is 16.4. The molecule has 3 aromatic rings. The molecule has 0 bridgehead atoms. The third-order valence-corrected chi connectivity index (χ3v) is 7.02. The van der Waals surface area contributed by atoms with Crippen LogP contribution < -0.4 is 10.6 Å². The van der Waals surface area contributed by atoms with Crippen LogP contribution in [-0.4, -0.2) is 32.9 Å². The minimum absolute atomic E-state index is 0.141. The van der Waals surface area contributed by atoms with Crippen LogP contribution in [0, 0.1) is 12.3 Å². The first-order valence-electron chi connectivity index (χ1n) is 11.8. The van der Waals surface area contributed by atoms with E-state index in [0.717, 1.165) is 71.3 Å². The number of anilines is 2. The minimum atomic E-state index is -0.920. The number of allylic oxidation sites excluding steroid dienone is 2. The van der Waals surface area contributed by atoms with Gasteiger partial charge in [-0.1, -0.05) is 31.4 Å². The van der Waals surface area contributed by atoms with Crippen molar-refractivity contribution in [2.45, 2.75) is 51.5 Å². The lowest BCUT2D eigenvalue weighted by Crippen LogP contribution is -2.51. The van der Waals surface area contributed by atoms with Gasteiger partial charge in [0.15, 0.2) is 5.78 Å². The molecule has 1 spiro atoms. The first-order chi connectivity index (χ1) is 16.4. The van der Waals surface area contributed by atoms with Gasteiger partial charge in [-0.15, -0.1) is 0 Å². The number of carboxylic acids is 1. The second-order valence-corrected chi connectivity index (χ2v) is 9.34. The molecule has 0 saturated heterocycles. The molecule has 1 aromatic carbocycles. The summed E-state index contributed by atoms with van der Waals surface area (Å²) >= 11 is 0. The van der Waals surface area contributed by atoms with Crippen LogP contribution in [0.1, 0.15) is 43.4 Å². The van der Waals surface area contributed by atoms with Crippen molar-refractivity contribution in [3.8, 4) is 0 Å². The summed E-state index contributed by atoms with van der Waals surface area (Å²) in [4.78, 5) is 33.2. The van der Waals surface area contributed by atoms with E-state index in [9.17, 15) is 14.7 Å². The van der Waals surface area contributed by atoms with Crippen molar-refractivity contribution in [2.24, 2.45) is 5.41 Å². The molecule has 5 rings (SSSR count). The van der Waals surface area contributed by atoms with Gasteiger partial charge in [-0.25, -0.2) is 9.78 Å². The van der Waals surface area contributed by atoms with Crippen LogP contribution in [0.5, 0.6) is 0 Å². The number of aryl methyl sites for hydroxylation is 1. The van der Waals surface area contributed by atoms with Crippen molar-refractivity contribution in [1.29, 1.82) is 0 Å². The van der Waals surface area contributed by atoms with Crippen molar-refractivity contribution in [3.63, 3.8) is 0 Å². The Morgan fingerprint density at radius 3 is 2.62 bits per heavy atom. The van der Waals surface area contributed by atoms with Crippen molar-refractivity contribution >= 4 is 34.0 Å². The highest BCUT2D eigenvalue weighted by Crippen LogP contribution is 2.48. The van der Waals surface area contributed by atoms with Gasteiger partial charge in [0.25, 0.3) is 0 Å². The van der Waals surface area contributed by atoms with Crippen molar-refractivity contribution < 1.29 is 14.7 Å². The maximum Gasteiger partial charge on any atom is 0.326 e. The van der Waals surface area contributed by atoms with Crippen LogP contribution in [0.2, 0.25) is 0 Å². The van der Waals surface area contributed by atoms with E-state index < -0.39 is 17.4 Å². The van der Waals surface area contributed by atoms with Crippen LogP contribution in [0.25, 0.3) is 10.8 Å². The normalized spacial score (nSPS) is 17.7. The number of aliphatic carboxylic acids is 1. The van der Waals surface area contributed by atoms with Gasteiger partial charge in [0.1, 0.15) is 11.9 Å². The summed E-state index contributed by atoms with van der Waals surface area (Å²) in [6.45, 7) is 1.95. The maximum atomic E-state index is 12.3. The number of pyridine rings is 2. The Kier molecular flexibility index (Phi) is 5.77. The van der Waals surface area contributed by atoms with Crippen LogP contribution >= 0.6 is 0 Å². The number of ketones is 1. The molecule has 1 fully saturated rings. The lowest BCUT2D eigenvalue weighted by Gasteiger charge is -2.44. The first-order valence-corrected chi connectivity index (χ1v) is 11.8. The average Bonchev–Trinajstić information content (AvgIpc) is 2.84. The van der Waals surface area contributed by atoms with E-state index in [0.29, 0.717) is 6.42 Å². The van der Waals surface area contributed by atoms with Crippen LogP contribution in [0.15, 0.2) is 60.6 Å². The molecule has 1 saturated carbocycles. The lowest BCUT2D eigenvalue weighted by atomic mass is 9.62. The van der Waals surface area contributed by atoms with Gasteiger partial charge in [-0.3, -0.25) is 9.78 Å². The van der Waals surface area contributed by atoms with E-state index in [-0.39, 0.29) is 5.78 Å². The van der Waals surface area contributed by atoms with Crippen LogP contribution in [0.3, 0.4) is 0 Å².